The SMILES string of the molecule is O=C(c1cc(Br)ccc1O)N1CCN(c2ccccn2)CC1. The molecule has 1 aromatic carbocycles. The van der Waals surface area contributed by atoms with E-state index in [2.05, 4.69) is 25.8 Å². The predicted molar refractivity (Wildman–Crippen MR) is 88.2 cm³/mol. The number of anilines is 1. The van der Waals surface area contributed by atoms with Crippen LogP contribution in [-0.4, -0.2) is 47.1 Å². The van der Waals surface area contributed by atoms with Crippen LogP contribution in [0.2, 0.25) is 0 Å². The van der Waals surface area contributed by atoms with Crippen LogP contribution < -0.4 is 4.90 Å². The first kappa shape index (κ1) is 14.8. The number of halogens is 1. The van der Waals surface area contributed by atoms with Gasteiger partial charge in [0.1, 0.15) is 11.6 Å². The summed E-state index contributed by atoms with van der Waals surface area (Å²) >= 11 is 3.33. The first-order valence-electron chi connectivity index (χ1n) is 7.09. The van der Waals surface area contributed by atoms with Gasteiger partial charge in [-0.05, 0) is 30.3 Å². The average molecular weight is 362 g/mol. The highest BCUT2D eigenvalue weighted by atomic mass is 79.9. The number of benzene rings is 1. The zero-order chi connectivity index (χ0) is 15.5. The zero-order valence-electron chi connectivity index (χ0n) is 11.9. The van der Waals surface area contributed by atoms with Crippen molar-refractivity contribution < 1.29 is 9.90 Å². The van der Waals surface area contributed by atoms with E-state index >= 15 is 0 Å². The van der Waals surface area contributed by atoms with E-state index in [1.165, 1.54) is 6.07 Å². The summed E-state index contributed by atoms with van der Waals surface area (Å²) in [5, 5.41) is 9.88. The Morgan fingerprint density at radius 1 is 1.14 bits per heavy atom. The minimum Gasteiger partial charge on any atom is -0.507 e. The summed E-state index contributed by atoms with van der Waals surface area (Å²) in [5.74, 6) is 0.805. The van der Waals surface area contributed by atoms with Crippen LogP contribution in [0.25, 0.3) is 0 Å². The minimum absolute atomic E-state index is 0.0142. The molecule has 2 heterocycles. The van der Waals surface area contributed by atoms with Crippen LogP contribution in [0.5, 0.6) is 5.75 Å². The van der Waals surface area contributed by atoms with Gasteiger partial charge in [-0.1, -0.05) is 22.0 Å². The second-order valence-corrected chi connectivity index (χ2v) is 6.04. The molecule has 114 valence electrons. The molecule has 1 N–H and O–H groups in total. The van der Waals surface area contributed by atoms with E-state index in [4.69, 9.17) is 0 Å². The number of nitrogens with zero attached hydrogens (tertiary/aromatic N) is 3. The van der Waals surface area contributed by atoms with E-state index in [0.29, 0.717) is 18.7 Å². The van der Waals surface area contributed by atoms with Gasteiger partial charge in [0.2, 0.25) is 0 Å². The molecule has 0 aliphatic carbocycles. The molecule has 0 unspecified atom stereocenters. The summed E-state index contributed by atoms with van der Waals surface area (Å²) in [7, 11) is 0. The molecule has 0 saturated carbocycles. The third kappa shape index (κ3) is 3.06. The number of hydrogen-bond acceptors (Lipinski definition) is 4. The van der Waals surface area contributed by atoms with Gasteiger partial charge >= 0.3 is 0 Å². The fourth-order valence-corrected chi connectivity index (χ4v) is 2.89. The van der Waals surface area contributed by atoms with Crippen LogP contribution in [0.15, 0.2) is 47.1 Å². The summed E-state index contributed by atoms with van der Waals surface area (Å²) < 4.78 is 0.778. The molecule has 6 heteroatoms. The van der Waals surface area contributed by atoms with Crippen LogP contribution in [0, 0.1) is 0 Å². The summed E-state index contributed by atoms with van der Waals surface area (Å²) in [4.78, 5) is 20.8. The van der Waals surface area contributed by atoms with Crippen LogP contribution >= 0.6 is 15.9 Å². The lowest BCUT2D eigenvalue weighted by Crippen LogP contribution is -2.49. The van der Waals surface area contributed by atoms with Gasteiger partial charge in [-0.3, -0.25) is 4.79 Å². The molecule has 3 rings (SSSR count). The number of aromatic nitrogens is 1. The maximum absolute atomic E-state index is 12.5. The number of piperazine rings is 1. The largest absolute Gasteiger partial charge is 0.507 e. The van der Waals surface area contributed by atoms with Gasteiger partial charge in [-0.15, -0.1) is 0 Å². The molecule has 1 aromatic heterocycles. The smallest absolute Gasteiger partial charge is 0.257 e. The lowest BCUT2D eigenvalue weighted by molar-refractivity contribution is 0.0743. The van der Waals surface area contributed by atoms with Crippen molar-refractivity contribution in [2.45, 2.75) is 0 Å². The summed E-state index contributed by atoms with van der Waals surface area (Å²) in [6, 6.07) is 10.7. The van der Waals surface area contributed by atoms with Crippen molar-refractivity contribution in [3.05, 3.63) is 52.6 Å². The fraction of sp³-hybridized carbons (Fsp3) is 0.250. The quantitative estimate of drug-likeness (QED) is 0.892. The second kappa shape index (κ2) is 6.36. The first-order valence-corrected chi connectivity index (χ1v) is 7.88. The summed E-state index contributed by atoms with van der Waals surface area (Å²) in [6.07, 6.45) is 1.77. The monoisotopic (exact) mass is 361 g/mol. The van der Waals surface area contributed by atoms with Gasteiger partial charge in [0, 0.05) is 36.8 Å². The standard InChI is InChI=1S/C16H16BrN3O2/c17-12-4-5-14(21)13(11-12)16(22)20-9-7-19(8-10-20)15-3-1-2-6-18-15/h1-6,11,21H,7-10H2. The molecule has 2 aromatic rings. The molecule has 0 radical (unpaired) electrons. The van der Waals surface area contributed by atoms with E-state index < -0.39 is 0 Å². The van der Waals surface area contributed by atoms with Gasteiger partial charge in [-0.2, -0.15) is 0 Å². The molecule has 22 heavy (non-hydrogen) atoms. The third-order valence-corrected chi connectivity index (χ3v) is 4.22. The zero-order valence-corrected chi connectivity index (χ0v) is 13.5. The van der Waals surface area contributed by atoms with Crippen LogP contribution in [0.4, 0.5) is 5.82 Å². The molecule has 0 bridgehead atoms. The number of phenolic OH excluding ortho intramolecular Hbond substituents is 1. The van der Waals surface area contributed by atoms with Crippen molar-refractivity contribution in [2.24, 2.45) is 0 Å². The third-order valence-electron chi connectivity index (χ3n) is 3.73. The number of aromatic hydroxyl groups is 1. The van der Waals surface area contributed by atoms with E-state index in [0.717, 1.165) is 23.4 Å². The Morgan fingerprint density at radius 2 is 1.91 bits per heavy atom. The molecule has 0 atom stereocenters. The molecule has 0 spiro atoms. The Kier molecular flexibility index (Phi) is 4.29. The van der Waals surface area contributed by atoms with E-state index in [9.17, 15) is 9.90 Å². The van der Waals surface area contributed by atoms with Gasteiger partial charge < -0.3 is 14.9 Å². The van der Waals surface area contributed by atoms with Gasteiger partial charge in [0.05, 0.1) is 5.56 Å². The molecule has 1 amide bonds. The Hall–Kier alpha value is -2.08. The Bertz CT molecular complexity index is 670. The average Bonchev–Trinajstić information content (AvgIpc) is 2.57. The summed E-state index contributed by atoms with van der Waals surface area (Å²) in [6.45, 7) is 2.69. The maximum Gasteiger partial charge on any atom is 0.257 e. The molecule has 1 saturated heterocycles. The number of rotatable bonds is 2. The second-order valence-electron chi connectivity index (χ2n) is 5.13. The van der Waals surface area contributed by atoms with Gasteiger partial charge in [0.15, 0.2) is 0 Å². The Labute approximate surface area is 137 Å². The van der Waals surface area contributed by atoms with E-state index in [-0.39, 0.29) is 11.7 Å². The number of amides is 1. The highest BCUT2D eigenvalue weighted by Crippen LogP contribution is 2.24. The van der Waals surface area contributed by atoms with Crippen molar-refractivity contribution in [3.63, 3.8) is 0 Å². The summed E-state index contributed by atoms with van der Waals surface area (Å²) in [5.41, 5.74) is 0.334. The lowest BCUT2D eigenvalue weighted by Gasteiger charge is -2.35. The number of carbonyl (C=O) groups excluding carboxylic acids is 1. The van der Waals surface area contributed by atoms with Gasteiger partial charge in [0.25, 0.3) is 5.91 Å². The Balaban J connectivity index is 1.68. The number of hydrogen-bond donors (Lipinski definition) is 1. The van der Waals surface area contributed by atoms with Crippen LogP contribution in [-0.2, 0) is 0 Å². The lowest BCUT2D eigenvalue weighted by atomic mass is 10.1. The normalized spacial score (nSPS) is 15.0. The molecule has 1 aliphatic heterocycles. The van der Waals surface area contributed by atoms with Crippen molar-refractivity contribution in [1.29, 1.82) is 0 Å². The molecule has 5 nitrogen and oxygen atoms in total. The van der Waals surface area contributed by atoms with Crippen molar-refractivity contribution in [2.75, 3.05) is 31.1 Å². The predicted octanol–water partition coefficient (Wildman–Crippen LogP) is 2.51. The number of carbonyl (C=O) groups is 1. The van der Waals surface area contributed by atoms with Crippen molar-refractivity contribution in [1.82, 2.24) is 9.88 Å². The molecule has 1 fully saturated rings. The maximum atomic E-state index is 12.5. The molecular formula is C16H16BrN3O2. The first-order chi connectivity index (χ1) is 10.6. The fourth-order valence-electron chi connectivity index (χ4n) is 2.53. The van der Waals surface area contributed by atoms with Crippen molar-refractivity contribution in [3.8, 4) is 5.75 Å². The van der Waals surface area contributed by atoms with Crippen LogP contribution in [0.3, 0.4) is 0 Å². The van der Waals surface area contributed by atoms with Crippen LogP contribution in [0.1, 0.15) is 10.4 Å². The highest BCUT2D eigenvalue weighted by Gasteiger charge is 2.24. The van der Waals surface area contributed by atoms with Gasteiger partial charge in [-0.25, -0.2) is 4.98 Å². The topological polar surface area (TPSA) is 56.7 Å². The number of phenols is 1. The minimum atomic E-state index is -0.139. The van der Waals surface area contributed by atoms with E-state index in [1.54, 1.807) is 23.2 Å². The Morgan fingerprint density at radius 3 is 2.59 bits per heavy atom. The van der Waals surface area contributed by atoms with E-state index in [1.807, 2.05) is 18.2 Å². The molecule has 1 aliphatic rings. The number of pyridine rings is 1. The highest BCUT2D eigenvalue weighted by molar-refractivity contribution is 9.10. The van der Waals surface area contributed by atoms with Crippen molar-refractivity contribution >= 4 is 27.7 Å². The molecular weight excluding hydrogens is 346 g/mol.